The van der Waals surface area contributed by atoms with Crippen LogP contribution in [0.15, 0.2) is 22.5 Å². The number of hydrogen-bond donors (Lipinski definition) is 3. The first kappa shape index (κ1) is 15.5. The normalized spacial score (nSPS) is 11.4. The number of carbonyl (C=O) groups excluding carboxylic acids is 1. The second-order valence-electron chi connectivity index (χ2n) is 4.22. The second-order valence-corrected chi connectivity index (χ2v) is 6.22. The Bertz CT molecular complexity index is 647. The summed E-state index contributed by atoms with van der Waals surface area (Å²) in [6, 6.07) is 3.99. The van der Waals surface area contributed by atoms with Gasteiger partial charge in [0.05, 0.1) is 17.1 Å². The van der Waals surface area contributed by atoms with Crippen LogP contribution in [-0.4, -0.2) is 23.4 Å². The maximum absolute atomic E-state index is 10.9. The van der Waals surface area contributed by atoms with Gasteiger partial charge in [-0.1, -0.05) is 0 Å². The van der Waals surface area contributed by atoms with Crippen molar-refractivity contribution in [2.75, 3.05) is 6.54 Å². The third-order valence-corrected chi connectivity index (χ3v) is 4.33. The van der Waals surface area contributed by atoms with Crippen LogP contribution in [0.1, 0.15) is 18.7 Å². The lowest BCUT2D eigenvalue weighted by Gasteiger charge is -1.98. The monoisotopic (exact) mass is 323 g/mol. The minimum Gasteiger partial charge on any atom is -0.370 e. The lowest BCUT2D eigenvalue weighted by molar-refractivity contribution is -0.119. The number of thiazole rings is 1. The fourth-order valence-electron chi connectivity index (χ4n) is 1.57. The molecular weight excluding hydrogens is 306 g/mol. The zero-order chi connectivity index (χ0) is 15.2. The topological polar surface area (TPSA) is 92.4 Å². The van der Waals surface area contributed by atoms with Gasteiger partial charge in [-0.15, -0.1) is 22.7 Å². The summed E-state index contributed by atoms with van der Waals surface area (Å²) in [5, 5.41) is 8.29. The Balaban J connectivity index is 2.07. The molecule has 4 N–H and O–H groups in total. The van der Waals surface area contributed by atoms with Crippen molar-refractivity contribution in [1.29, 1.82) is 0 Å². The molecule has 0 aliphatic carbocycles. The quantitative estimate of drug-likeness (QED) is 0.580. The predicted molar refractivity (Wildman–Crippen MR) is 87.9 cm³/mol. The minimum absolute atomic E-state index is 0.0332. The Labute approximate surface area is 131 Å². The minimum atomic E-state index is -0.0332. The number of amides is 1. The van der Waals surface area contributed by atoms with E-state index in [9.17, 15) is 4.79 Å². The van der Waals surface area contributed by atoms with E-state index < -0.39 is 0 Å². The fourth-order valence-corrected chi connectivity index (χ4v) is 3.26. The largest absolute Gasteiger partial charge is 0.370 e. The van der Waals surface area contributed by atoms with Gasteiger partial charge in [-0.25, -0.2) is 4.98 Å². The highest BCUT2D eigenvalue weighted by Gasteiger charge is 2.08. The van der Waals surface area contributed by atoms with Crippen molar-refractivity contribution in [2.24, 2.45) is 10.7 Å². The van der Waals surface area contributed by atoms with Crippen molar-refractivity contribution >= 4 is 39.7 Å². The number of nitrogens with two attached hydrogens (primary N) is 1. The highest BCUT2D eigenvalue weighted by atomic mass is 32.1. The van der Waals surface area contributed by atoms with Crippen LogP contribution < -0.4 is 16.4 Å². The molecule has 0 aliphatic heterocycles. The second kappa shape index (κ2) is 7.19. The molecule has 0 fully saturated rings. The smallest absolute Gasteiger partial charge is 0.217 e. The van der Waals surface area contributed by atoms with E-state index in [0.717, 1.165) is 22.0 Å². The fraction of sp³-hybridized carbons (Fsp3) is 0.308. The lowest BCUT2D eigenvalue weighted by Crippen LogP contribution is -2.30. The summed E-state index contributed by atoms with van der Waals surface area (Å²) < 4.78 is 0. The van der Waals surface area contributed by atoms with E-state index in [1.165, 1.54) is 18.3 Å². The molecule has 2 rings (SSSR count). The van der Waals surface area contributed by atoms with E-state index in [-0.39, 0.29) is 5.91 Å². The summed E-state index contributed by atoms with van der Waals surface area (Å²) in [5.74, 6) is 0.338. The third-order valence-electron chi connectivity index (χ3n) is 2.49. The van der Waals surface area contributed by atoms with Gasteiger partial charge in [-0.2, -0.15) is 4.99 Å². The van der Waals surface area contributed by atoms with E-state index in [4.69, 9.17) is 5.73 Å². The van der Waals surface area contributed by atoms with Crippen LogP contribution in [0, 0.1) is 0 Å². The number of nitrogens with one attached hydrogen (secondary N) is 2. The van der Waals surface area contributed by atoms with Crippen molar-refractivity contribution in [3.63, 3.8) is 0 Å². The van der Waals surface area contributed by atoms with Gasteiger partial charge in [0.25, 0.3) is 0 Å². The molecule has 8 heteroatoms. The number of thiophene rings is 1. The number of aliphatic imine (C=N–C) groups is 1. The average molecular weight is 323 g/mol. The molecule has 0 saturated heterocycles. The van der Waals surface area contributed by atoms with Gasteiger partial charge < -0.3 is 16.4 Å². The van der Waals surface area contributed by atoms with Gasteiger partial charge in [0.15, 0.2) is 5.96 Å². The van der Waals surface area contributed by atoms with Crippen LogP contribution in [0.5, 0.6) is 0 Å². The molecule has 2 aromatic rings. The van der Waals surface area contributed by atoms with Crippen molar-refractivity contribution in [3.8, 4) is 10.6 Å². The summed E-state index contributed by atoms with van der Waals surface area (Å²) in [4.78, 5) is 21.7. The molecule has 112 valence electrons. The Morgan fingerprint density at radius 1 is 1.43 bits per heavy atom. The first-order chi connectivity index (χ1) is 10.1. The van der Waals surface area contributed by atoms with Gasteiger partial charge >= 0.3 is 0 Å². The number of hydrogen-bond acceptors (Lipinski definition) is 5. The first-order valence-electron chi connectivity index (χ1n) is 6.45. The molecule has 0 aromatic carbocycles. The predicted octanol–water partition coefficient (Wildman–Crippen LogP) is 2.06. The van der Waals surface area contributed by atoms with Crippen LogP contribution in [0.2, 0.25) is 0 Å². The number of aromatic nitrogens is 1. The summed E-state index contributed by atoms with van der Waals surface area (Å²) in [6.07, 6.45) is 0. The Kier molecular flexibility index (Phi) is 5.29. The molecule has 21 heavy (non-hydrogen) atoms. The lowest BCUT2D eigenvalue weighted by atomic mass is 10.3. The molecule has 1 amide bonds. The van der Waals surface area contributed by atoms with Crippen LogP contribution in [0.4, 0.5) is 5.13 Å². The molecule has 6 nitrogen and oxygen atoms in total. The molecular formula is C13H17N5OS2. The maximum Gasteiger partial charge on any atom is 0.217 e. The van der Waals surface area contributed by atoms with Crippen molar-refractivity contribution in [2.45, 2.75) is 20.4 Å². The SMILES string of the molecule is CCN/C(N)=N/c1nc(-c2ccc(CNC(C)=O)s2)cs1. The number of rotatable bonds is 5. The Morgan fingerprint density at radius 2 is 2.24 bits per heavy atom. The Morgan fingerprint density at radius 3 is 2.95 bits per heavy atom. The van der Waals surface area contributed by atoms with Crippen molar-refractivity contribution in [3.05, 3.63) is 22.4 Å². The molecule has 2 heterocycles. The average Bonchev–Trinajstić information content (AvgIpc) is 3.05. The van der Waals surface area contributed by atoms with E-state index in [2.05, 4.69) is 20.6 Å². The van der Waals surface area contributed by atoms with E-state index in [1.54, 1.807) is 11.3 Å². The van der Waals surface area contributed by atoms with E-state index in [1.807, 2.05) is 24.4 Å². The van der Waals surface area contributed by atoms with Gasteiger partial charge in [-0.05, 0) is 19.1 Å². The van der Waals surface area contributed by atoms with Gasteiger partial charge in [0.2, 0.25) is 11.0 Å². The zero-order valence-corrected chi connectivity index (χ0v) is 13.5. The number of carbonyl (C=O) groups is 1. The summed E-state index contributed by atoms with van der Waals surface area (Å²) in [7, 11) is 0. The van der Waals surface area contributed by atoms with Crippen molar-refractivity contribution in [1.82, 2.24) is 15.6 Å². The zero-order valence-electron chi connectivity index (χ0n) is 11.8. The molecule has 0 radical (unpaired) electrons. The van der Waals surface area contributed by atoms with Crippen LogP contribution in [0.25, 0.3) is 10.6 Å². The highest BCUT2D eigenvalue weighted by molar-refractivity contribution is 7.16. The van der Waals surface area contributed by atoms with Crippen LogP contribution in [0.3, 0.4) is 0 Å². The molecule has 0 bridgehead atoms. The standard InChI is InChI=1S/C13H17N5OS2/c1-3-15-12(14)18-13-17-10(7-20-13)11-5-4-9(21-11)6-16-8(2)19/h4-5,7H,3,6H2,1-2H3,(H,16,19)(H3,14,15,17,18). The summed E-state index contributed by atoms with van der Waals surface area (Å²) in [5.41, 5.74) is 6.58. The molecule has 2 aromatic heterocycles. The van der Waals surface area contributed by atoms with Crippen LogP contribution in [-0.2, 0) is 11.3 Å². The first-order valence-corrected chi connectivity index (χ1v) is 8.15. The third kappa shape index (κ3) is 4.54. The van der Waals surface area contributed by atoms with Crippen LogP contribution >= 0.6 is 22.7 Å². The molecule has 0 atom stereocenters. The number of nitrogens with zero attached hydrogens (tertiary/aromatic N) is 2. The van der Waals surface area contributed by atoms with Gasteiger partial charge in [0.1, 0.15) is 0 Å². The van der Waals surface area contributed by atoms with Crippen molar-refractivity contribution < 1.29 is 4.79 Å². The molecule has 0 aliphatic rings. The summed E-state index contributed by atoms with van der Waals surface area (Å²) in [6.45, 7) is 4.74. The maximum atomic E-state index is 10.9. The molecule has 0 spiro atoms. The highest BCUT2D eigenvalue weighted by Crippen LogP contribution is 2.31. The van der Waals surface area contributed by atoms with Gasteiger partial charge in [-0.3, -0.25) is 4.79 Å². The Hall–Kier alpha value is -1.93. The van der Waals surface area contributed by atoms with Gasteiger partial charge in [0, 0.05) is 23.7 Å². The molecule has 0 unspecified atom stereocenters. The number of guanidine groups is 1. The van der Waals surface area contributed by atoms with E-state index in [0.29, 0.717) is 17.6 Å². The van der Waals surface area contributed by atoms with E-state index >= 15 is 0 Å². The molecule has 0 saturated carbocycles. The summed E-state index contributed by atoms with van der Waals surface area (Å²) >= 11 is 3.05.